The maximum absolute atomic E-state index is 11.8. The van der Waals surface area contributed by atoms with E-state index in [1.165, 1.54) is 0 Å². The normalized spacial score (nSPS) is 10.5. The summed E-state index contributed by atoms with van der Waals surface area (Å²) in [5, 5.41) is 6.64. The van der Waals surface area contributed by atoms with Crippen LogP contribution in [0, 0.1) is 3.57 Å². The van der Waals surface area contributed by atoms with E-state index >= 15 is 0 Å². The molecular weight excluding hydrogens is 416 g/mol. The Morgan fingerprint density at radius 1 is 1.00 bits per heavy atom. The monoisotopic (exact) mass is 433 g/mol. The zero-order valence-corrected chi connectivity index (χ0v) is 15.4. The third-order valence-corrected chi connectivity index (χ3v) is 3.91. The van der Waals surface area contributed by atoms with Crippen molar-refractivity contribution in [3.63, 3.8) is 0 Å². The van der Waals surface area contributed by atoms with E-state index in [1.54, 1.807) is 6.21 Å². The number of benzene rings is 2. The maximum atomic E-state index is 11.8. The second kappa shape index (κ2) is 9.22. The van der Waals surface area contributed by atoms with Gasteiger partial charge in [-0.3, -0.25) is 9.59 Å². The molecular formula is C17H17BIN3O2. The first-order valence-electron chi connectivity index (χ1n) is 7.47. The van der Waals surface area contributed by atoms with Crippen molar-refractivity contribution in [2.24, 2.45) is 5.10 Å². The van der Waals surface area contributed by atoms with Gasteiger partial charge in [0.25, 0.3) is 0 Å². The van der Waals surface area contributed by atoms with Gasteiger partial charge >= 0.3 is 0 Å². The molecule has 0 bridgehead atoms. The van der Waals surface area contributed by atoms with E-state index in [0.717, 1.165) is 20.3 Å². The molecule has 122 valence electrons. The summed E-state index contributed by atoms with van der Waals surface area (Å²) in [5.74, 6) is -0.495. The topological polar surface area (TPSA) is 70.6 Å². The van der Waals surface area contributed by atoms with Crippen molar-refractivity contribution in [3.8, 4) is 0 Å². The Labute approximate surface area is 155 Å². The van der Waals surface area contributed by atoms with Crippen LogP contribution in [0.15, 0.2) is 53.6 Å². The fraction of sp³-hybridized carbons (Fsp3) is 0.118. The molecule has 2 aromatic carbocycles. The van der Waals surface area contributed by atoms with E-state index in [2.05, 4.69) is 38.4 Å². The van der Waals surface area contributed by atoms with Crippen LogP contribution in [0.4, 0.5) is 5.69 Å². The van der Waals surface area contributed by atoms with Crippen LogP contribution in [0.25, 0.3) is 0 Å². The summed E-state index contributed by atoms with van der Waals surface area (Å²) < 4.78 is 1.09. The van der Waals surface area contributed by atoms with Crippen molar-refractivity contribution in [2.45, 2.75) is 12.8 Å². The quantitative estimate of drug-likeness (QED) is 0.313. The number of hydrazone groups is 1. The Balaban J connectivity index is 1.71. The minimum absolute atomic E-state index is 0.0848. The molecule has 0 spiro atoms. The number of amides is 2. The first-order valence-corrected chi connectivity index (χ1v) is 8.55. The van der Waals surface area contributed by atoms with Gasteiger partial charge in [-0.15, -0.1) is 0 Å². The summed E-state index contributed by atoms with van der Waals surface area (Å²) in [6.45, 7) is 0. The molecule has 2 N–H and O–H groups in total. The summed E-state index contributed by atoms with van der Waals surface area (Å²) in [6.07, 6.45) is 1.77. The molecule has 24 heavy (non-hydrogen) atoms. The Morgan fingerprint density at radius 2 is 1.62 bits per heavy atom. The van der Waals surface area contributed by atoms with Gasteiger partial charge in [-0.1, -0.05) is 29.7 Å². The molecule has 0 heterocycles. The molecule has 0 aliphatic carbocycles. The molecule has 0 unspecified atom stereocenters. The number of hydrogen-bond acceptors (Lipinski definition) is 3. The van der Waals surface area contributed by atoms with Gasteiger partial charge in [-0.05, 0) is 52.4 Å². The smallest absolute Gasteiger partial charge is 0.240 e. The number of anilines is 1. The van der Waals surface area contributed by atoms with Crippen LogP contribution < -0.4 is 16.2 Å². The van der Waals surface area contributed by atoms with Gasteiger partial charge in [-0.25, -0.2) is 5.43 Å². The molecule has 2 aromatic rings. The lowest BCUT2D eigenvalue weighted by atomic mass is 9.96. The van der Waals surface area contributed by atoms with Gasteiger partial charge in [0.05, 0.1) is 6.21 Å². The second-order valence-corrected chi connectivity index (χ2v) is 6.50. The lowest BCUT2D eigenvalue weighted by Crippen LogP contribution is -2.20. The molecule has 7 heteroatoms. The molecule has 0 saturated heterocycles. The highest BCUT2D eigenvalue weighted by Crippen LogP contribution is 2.11. The van der Waals surface area contributed by atoms with Crippen molar-refractivity contribution in [2.75, 3.05) is 5.32 Å². The van der Waals surface area contributed by atoms with E-state index in [4.69, 9.17) is 0 Å². The van der Waals surface area contributed by atoms with Crippen LogP contribution in [0.3, 0.4) is 0 Å². The predicted octanol–water partition coefficient (Wildman–Crippen LogP) is 1.42. The fourth-order valence-electron chi connectivity index (χ4n) is 1.87. The Kier molecular flexibility index (Phi) is 6.98. The summed E-state index contributed by atoms with van der Waals surface area (Å²) in [5.41, 5.74) is 5.21. The number of nitrogens with one attached hydrogen (secondary N) is 2. The molecule has 5 nitrogen and oxygen atoms in total. The van der Waals surface area contributed by atoms with E-state index in [-0.39, 0.29) is 24.7 Å². The van der Waals surface area contributed by atoms with Crippen LogP contribution in [-0.4, -0.2) is 25.9 Å². The molecule has 0 atom stereocenters. The van der Waals surface area contributed by atoms with E-state index < -0.39 is 0 Å². The number of carbonyl (C=O) groups is 2. The molecule has 0 aliphatic heterocycles. The van der Waals surface area contributed by atoms with Gasteiger partial charge in [0.1, 0.15) is 7.85 Å². The highest BCUT2D eigenvalue weighted by Gasteiger charge is 2.06. The second-order valence-electron chi connectivity index (χ2n) is 5.26. The Hall–Kier alpha value is -2.16. The molecule has 2 rings (SSSR count). The molecule has 2 amide bonds. The Morgan fingerprint density at radius 3 is 2.29 bits per heavy atom. The minimum Gasteiger partial charge on any atom is -0.326 e. The van der Waals surface area contributed by atoms with Crippen LogP contribution in [0.2, 0.25) is 0 Å². The van der Waals surface area contributed by atoms with Crippen molar-refractivity contribution >= 4 is 59.6 Å². The van der Waals surface area contributed by atoms with Crippen LogP contribution in [0.1, 0.15) is 18.4 Å². The van der Waals surface area contributed by atoms with Gasteiger partial charge in [-0.2, -0.15) is 5.10 Å². The first kappa shape index (κ1) is 18.2. The largest absolute Gasteiger partial charge is 0.326 e. The summed E-state index contributed by atoms with van der Waals surface area (Å²) in [6, 6.07) is 15.2. The van der Waals surface area contributed by atoms with Crippen LogP contribution in [0.5, 0.6) is 0 Å². The average Bonchev–Trinajstić information content (AvgIpc) is 2.57. The zero-order valence-electron chi connectivity index (χ0n) is 13.3. The standard InChI is InChI=1S/C17H17BIN3O2/c18-13-3-1-12(2-4-13)11-20-22-17(24)10-9-16(23)21-15-7-5-14(19)6-8-15/h1-8,11H,9-10,18H2,(H,21,23)(H,22,24)/b20-11+. The maximum Gasteiger partial charge on any atom is 0.240 e. The number of nitrogens with zero attached hydrogens (tertiary/aromatic N) is 1. The number of carbonyl (C=O) groups excluding carboxylic acids is 2. The highest BCUT2D eigenvalue weighted by atomic mass is 127. The molecule has 0 radical (unpaired) electrons. The lowest BCUT2D eigenvalue weighted by molar-refractivity contribution is -0.124. The minimum atomic E-state index is -0.295. The van der Waals surface area contributed by atoms with Crippen molar-refractivity contribution in [1.82, 2.24) is 5.43 Å². The predicted molar refractivity (Wildman–Crippen MR) is 107 cm³/mol. The van der Waals surface area contributed by atoms with Crippen LogP contribution in [-0.2, 0) is 9.59 Å². The van der Waals surface area contributed by atoms with Gasteiger partial charge < -0.3 is 5.32 Å². The third-order valence-electron chi connectivity index (χ3n) is 3.19. The number of hydrogen-bond donors (Lipinski definition) is 2. The third kappa shape index (κ3) is 6.53. The molecule has 0 saturated carbocycles. The number of rotatable bonds is 6. The van der Waals surface area contributed by atoms with Crippen molar-refractivity contribution < 1.29 is 9.59 Å². The Bertz CT molecular complexity index is 731. The van der Waals surface area contributed by atoms with Gasteiger partial charge in [0.15, 0.2) is 0 Å². The van der Waals surface area contributed by atoms with Crippen molar-refractivity contribution in [3.05, 3.63) is 57.7 Å². The highest BCUT2D eigenvalue weighted by molar-refractivity contribution is 14.1. The van der Waals surface area contributed by atoms with E-state index in [9.17, 15) is 9.59 Å². The SMILES string of the molecule is Bc1ccc(/C=N/NC(=O)CCC(=O)Nc2ccc(I)cc2)cc1. The molecule has 0 fully saturated rings. The molecule has 0 aliphatic rings. The number of halogens is 1. The summed E-state index contributed by atoms with van der Waals surface area (Å²) in [7, 11) is 2.00. The zero-order chi connectivity index (χ0) is 17.4. The van der Waals surface area contributed by atoms with Crippen molar-refractivity contribution in [1.29, 1.82) is 0 Å². The van der Waals surface area contributed by atoms with Gasteiger partial charge in [0.2, 0.25) is 11.8 Å². The first-order chi connectivity index (χ1) is 11.5. The fourth-order valence-corrected chi connectivity index (χ4v) is 2.23. The van der Waals surface area contributed by atoms with E-state index in [0.29, 0.717) is 0 Å². The summed E-state index contributed by atoms with van der Waals surface area (Å²) >= 11 is 2.19. The van der Waals surface area contributed by atoms with Gasteiger partial charge in [0, 0.05) is 22.1 Å². The molecule has 0 aromatic heterocycles. The average molecular weight is 433 g/mol. The summed E-state index contributed by atoms with van der Waals surface area (Å²) in [4.78, 5) is 23.5. The van der Waals surface area contributed by atoms with E-state index in [1.807, 2.05) is 56.4 Å². The van der Waals surface area contributed by atoms with Crippen LogP contribution >= 0.6 is 22.6 Å². The lowest BCUT2D eigenvalue weighted by Gasteiger charge is -2.04.